The van der Waals surface area contributed by atoms with E-state index in [1.807, 2.05) is 35.2 Å². The number of hydrogen-bond donors (Lipinski definition) is 1. The van der Waals surface area contributed by atoms with Crippen LogP contribution < -0.4 is 5.32 Å². The van der Waals surface area contributed by atoms with Crippen LogP contribution in [0.3, 0.4) is 0 Å². The average Bonchev–Trinajstić information content (AvgIpc) is 2.47. The van der Waals surface area contributed by atoms with Gasteiger partial charge in [-0.3, -0.25) is 0 Å². The Labute approximate surface area is 127 Å². The van der Waals surface area contributed by atoms with Crippen LogP contribution in [0.2, 0.25) is 0 Å². The second-order valence-electron chi connectivity index (χ2n) is 5.14. The summed E-state index contributed by atoms with van der Waals surface area (Å²) < 4.78 is 0. The SMILES string of the molecule is O=C(Nc1cccc2ccccc12)N1CCCC(Br)C1. The monoisotopic (exact) mass is 332 g/mol. The van der Waals surface area contributed by atoms with Gasteiger partial charge in [0.1, 0.15) is 0 Å². The fraction of sp³-hybridized carbons (Fsp3) is 0.312. The highest BCUT2D eigenvalue weighted by molar-refractivity contribution is 9.09. The van der Waals surface area contributed by atoms with Crippen molar-refractivity contribution in [3.05, 3.63) is 42.5 Å². The molecule has 0 aliphatic carbocycles. The number of urea groups is 1. The van der Waals surface area contributed by atoms with Crippen molar-refractivity contribution in [3.63, 3.8) is 0 Å². The van der Waals surface area contributed by atoms with E-state index in [-0.39, 0.29) is 6.03 Å². The number of likely N-dealkylation sites (tertiary alicyclic amines) is 1. The highest BCUT2D eigenvalue weighted by atomic mass is 79.9. The zero-order valence-electron chi connectivity index (χ0n) is 11.2. The lowest BCUT2D eigenvalue weighted by Crippen LogP contribution is -2.42. The quantitative estimate of drug-likeness (QED) is 0.778. The number of nitrogens with one attached hydrogen (secondary N) is 1. The second kappa shape index (κ2) is 5.83. The number of rotatable bonds is 1. The van der Waals surface area contributed by atoms with Crippen molar-refractivity contribution in [2.24, 2.45) is 0 Å². The van der Waals surface area contributed by atoms with Gasteiger partial charge in [-0.15, -0.1) is 0 Å². The van der Waals surface area contributed by atoms with Crippen molar-refractivity contribution in [1.29, 1.82) is 0 Å². The van der Waals surface area contributed by atoms with Gasteiger partial charge in [0.15, 0.2) is 0 Å². The number of fused-ring (bicyclic) bond motifs is 1. The van der Waals surface area contributed by atoms with Gasteiger partial charge in [-0.2, -0.15) is 0 Å². The zero-order chi connectivity index (χ0) is 13.9. The molecule has 0 bridgehead atoms. The van der Waals surface area contributed by atoms with Crippen molar-refractivity contribution in [2.75, 3.05) is 18.4 Å². The predicted octanol–water partition coefficient (Wildman–Crippen LogP) is 4.23. The van der Waals surface area contributed by atoms with Gasteiger partial charge in [-0.1, -0.05) is 52.3 Å². The molecule has 1 saturated heterocycles. The van der Waals surface area contributed by atoms with Crippen LogP contribution in [0.1, 0.15) is 12.8 Å². The first kappa shape index (κ1) is 13.4. The number of piperidine rings is 1. The van der Waals surface area contributed by atoms with Crippen molar-refractivity contribution in [3.8, 4) is 0 Å². The van der Waals surface area contributed by atoms with Crippen LogP contribution in [0, 0.1) is 0 Å². The Morgan fingerprint density at radius 1 is 1.20 bits per heavy atom. The van der Waals surface area contributed by atoms with Gasteiger partial charge < -0.3 is 10.2 Å². The number of nitrogens with zero attached hydrogens (tertiary/aromatic N) is 1. The molecule has 20 heavy (non-hydrogen) atoms. The summed E-state index contributed by atoms with van der Waals surface area (Å²) in [4.78, 5) is 14.6. The van der Waals surface area contributed by atoms with Crippen molar-refractivity contribution >= 4 is 38.4 Å². The molecular formula is C16H17BrN2O. The van der Waals surface area contributed by atoms with E-state index < -0.39 is 0 Å². The van der Waals surface area contributed by atoms with Crippen molar-refractivity contribution in [2.45, 2.75) is 17.7 Å². The van der Waals surface area contributed by atoms with Gasteiger partial charge in [-0.25, -0.2) is 4.79 Å². The number of amides is 2. The Hall–Kier alpha value is -1.55. The molecule has 0 spiro atoms. The Morgan fingerprint density at radius 2 is 2.00 bits per heavy atom. The minimum Gasteiger partial charge on any atom is -0.323 e. The molecule has 2 amide bonds. The van der Waals surface area contributed by atoms with Crippen LogP contribution in [0.5, 0.6) is 0 Å². The molecule has 2 aromatic carbocycles. The summed E-state index contributed by atoms with van der Waals surface area (Å²) in [7, 11) is 0. The maximum absolute atomic E-state index is 12.4. The summed E-state index contributed by atoms with van der Waals surface area (Å²) in [5, 5.41) is 5.26. The summed E-state index contributed by atoms with van der Waals surface area (Å²) in [6, 6.07) is 14.1. The van der Waals surface area contributed by atoms with E-state index in [2.05, 4.69) is 33.4 Å². The Balaban J connectivity index is 1.80. The number of anilines is 1. The average molecular weight is 333 g/mol. The van der Waals surface area contributed by atoms with Gasteiger partial charge in [0, 0.05) is 23.3 Å². The number of hydrogen-bond acceptors (Lipinski definition) is 1. The third-order valence-electron chi connectivity index (χ3n) is 3.68. The molecule has 1 heterocycles. The van der Waals surface area contributed by atoms with E-state index >= 15 is 0 Å². The molecule has 0 saturated carbocycles. The van der Waals surface area contributed by atoms with Crippen molar-refractivity contribution in [1.82, 2.24) is 4.90 Å². The van der Waals surface area contributed by atoms with Gasteiger partial charge in [-0.05, 0) is 24.3 Å². The summed E-state index contributed by atoms with van der Waals surface area (Å²) >= 11 is 3.60. The van der Waals surface area contributed by atoms with Crippen LogP contribution in [0.15, 0.2) is 42.5 Å². The van der Waals surface area contributed by atoms with E-state index in [4.69, 9.17) is 0 Å². The molecule has 1 fully saturated rings. The van der Waals surface area contributed by atoms with Crippen LogP contribution in [0.4, 0.5) is 10.5 Å². The minimum atomic E-state index is -0.00879. The van der Waals surface area contributed by atoms with E-state index in [1.54, 1.807) is 0 Å². The fourth-order valence-corrected chi connectivity index (χ4v) is 3.31. The maximum atomic E-state index is 12.4. The molecule has 0 aromatic heterocycles. The number of alkyl halides is 1. The maximum Gasteiger partial charge on any atom is 0.321 e. The molecule has 0 radical (unpaired) electrons. The highest BCUT2D eigenvalue weighted by Crippen LogP contribution is 2.24. The van der Waals surface area contributed by atoms with Gasteiger partial charge >= 0.3 is 6.03 Å². The summed E-state index contributed by atoms with van der Waals surface area (Å²) in [6.07, 6.45) is 2.19. The smallest absolute Gasteiger partial charge is 0.321 e. The lowest BCUT2D eigenvalue weighted by Gasteiger charge is -2.30. The molecule has 1 aliphatic rings. The summed E-state index contributed by atoms with van der Waals surface area (Å²) in [5.41, 5.74) is 0.879. The Bertz CT molecular complexity index is 623. The number of halogens is 1. The molecular weight excluding hydrogens is 316 g/mol. The molecule has 1 unspecified atom stereocenters. The predicted molar refractivity (Wildman–Crippen MR) is 86.5 cm³/mol. The van der Waals surface area contributed by atoms with E-state index in [1.165, 1.54) is 0 Å². The third-order valence-corrected chi connectivity index (χ3v) is 4.43. The first-order valence-electron chi connectivity index (χ1n) is 6.92. The number of carbonyl (C=O) groups excluding carboxylic acids is 1. The molecule has 1 atom stereocenters. The molecule has 2 aromatic rings. The van der Waals surface area contributed by atoms with Crippen molar-refractivity contribution < 1.29 is 4.79 Å². The first-order valence-corrected chi connectivity index (χ1v) is 7.83. The second-order valence-corrected chi connectivity index (χ2v) is 6.44. The topological polar surface area (TPSA) is 32.3 Å². The molecule has 104 valence electrons. The normalized spacial score (nSPS) is 19.1. The molecule has 3 rings (SSSR count). The van der Waals surface area contributed by atoms with E-state index in [9.17, 15) is 4.79 Å². The van der Waals surface area contributed by atoms with Gasteiger partial charge in [0.2, 0.25) is 0 Å². The lowest BCUT2D eigenvalue weighted by atomic mass is 10.1. The van der Waals surface area contributed by atoms with E-state index in [0.29, 0.717) is 4.83 Å². The molecule has 1 N–H and O–H groups in total. The van der Waals surface area contributed by atoms with Crippen LogP contribution in [-0.2, 0) is 0 Å². The zero-order valence-corrected chi connectivity index (χ0v) is 12.8. The Morgan fingerprint density at radius 3 is 2.85 bits per heavy atom. The van der Waals surface area contributed by atoms with Crippen LogP contribution >= 0.6 is 15.9 Å². The summed E-state index contributed by atoms with van der Waals surface area (Å²) in [6.45, 7) is 1.61. The van der Waals surface area contributed by atoms with Crippen LogP contribution in [0.25, 0.3) is 10.8 Å². The highest BCUT2D eigenvalue weighted by Gasteiger charge is 2.22. The lowest BCUT2D eigenvalue weighted by molar-refractivity contribution is 0.202. The molecule has 3 nitrogen and oxygen atoms in total. The number of benzene rings is 2. The fourth-order valence-electron chi connectivity index (χ4n) is 2.64. The van der Waals surface area contributed by atoms with Gasteiger partial charge in [0.05, 0.1) is 5.69 Å². The standard InChI is InChI=1S/C16H17BrN2O/c17-13-7-4-10-19(11-13)16(20)18-15-9-3-6-12-5-1-2-8-14(12)15/h1-3,5-6,8-9,13H,4,7,10-11H2,(H,18,20). The minimum absolute atomic E-state index is 0.00879. The Kier molecular flexibility index (Phi) is 3.92. The third kappa shape index (κ3) is 2.80. The van der Waals surface area contributed by atoms with Crippen LogP contribution in [-0.4, -0.2) is 28.8 Å². The molecule has 4 heteroatoms. The summed E-state index contributed by atoms with van der Waals surface area (Å²) in [5.74, 6) is 0. The molecule has 1 aliphatic heterocycles. The first-order chi connectivity index (χ1) is 9.74. The largest absolute Gasteiger partial charge is 0.323 e. The van der Waals surface area contributed by atoms with Gasteiger partial charge in [0.25, 0.3) is 0 Å². The number of carbonyl (C=O) groups is 1. The van der Waals surface area contributed by atoms with E-state index in [0.717, 1.165) is 42.4 Å².